The number of rotatable bonds is 8. The number of pyridine rings is 2. The molecule has 0 amide bonds. The molecule has 0 atom stereocenters. The summed E-state index contributed by atoms with van der Waals surface area (Å²) in [5.41, 5.74) is -4.79. The van der Waals surface area contributed by atoms with Crippen LogP contribution < -0.4 is 14.2 Å². The Kier molecular flexibility index (Phi) is 10.8. The minimum atomic E-state index is -4.86. The minimum Gasteiger partial charge on any atom is -0.478 e. The Morgan fingerprint density at radius 2 is 1.10 bits per heavy atom. The van der Waals surface area contributed by atoms with Crippen molar-refractivity contribution in [2.45, 2.75) is 25.6 Å². The van der Waals surface area contributed by atoms with Gasteiger partial charge in [-0.3, -0.25) is 10.1 Å². The van der Waals surface area contributed by atoms with Crippen LogP contribution in [0.4, 0.5) is 49.6 Å². The number of hydrogen-bond acceptors (Lipinski definition) is 9. The van der Waals surface area contributed by atoms with Crippen molar-refractivity contribution < 1.29 is 77.7 Å². The Hall–Kier alpha value is -6.28. The zero-order valence-corrected chi connectivity index (χ0v) is 24.5. The highest BCUT2D eigenvalue weighted by Gasteiger charge is 2.34. The first-order valence-corrected chi connectivity index (χ1v) is 13.4. The molecule has 0 aliphatic heterocycles. The average molecular weight is 735 g/mol. The summed E-state index contributed by atoms with van der Waals surface area (Å²) in [6, 6.07) is 11.0. The number of carbonyl (C=O) groups excluding carboxylic acids is 1. The van der Waals surface area contributed by atoms with Crippen molar-refractivity contribution in [3.8, 4) is 17.2 Å². The molecule has 0 radical (unpaired) electrons. The van der Waals surface area contributed by atoms with E-state index in [9.17, 15) is 63.6 Å². The fraction of sp³-hybridized carbons (Fsp3) is 0.133. The Morgan fingerprint density at radius 3 is 1.49 bits per heavy atom. The molecular weight excluding hydrogens is 720 g/mol. The number of carboxylic acids is 1. The number of non-ortho nitro benzene ring substituents is 1. The van der Waals surface area contributed by atoms with Crippen LogP contribution in [0.5, 0.6) is 17.2 Å². The molecule has 0 saturated carbocycles. The van der Waals surface area contributed by atoms with Crippen molar-refractivity contribution in [1.82, 2.24) is 9.97 Å². The number of nitro groups is 1. The maximum atomic E-state index is 13.0. The van der Waals surface area contributed by atoms with E-state index in [2.05, 4.69) is 19.4 Å². The van der Waals surface area contributed by atoms with Gasteiger partial charge in [0, 0.05) is 22.9 Å². The molecule has 2 heterocycles. The number of carboxylic acid groups (broad SMARTS) is 1. The van der Waals surface area contributed by atoms with Crippen molar-refractivity contribution in [3.63, 3.8) is 0 Å². The maximum Gasteiger partial charge on any atom is 0.433 e. The van der Waals surface area contributed by atoms with Crippen molar-refractivity contribution in [1.29, 1.82) is 0 Å². The van der Waals surface area contributed by atoms with E-state index in [0.717, 1.165) is 60.7 Å². The summed E-state index contributed by atoms with van der Waals surface area (Å²) in [6.07, 6.45) is -9.65. The summed E-state index contributed by atoms with van der Waals surface area (Å²) >= 11 is 0. The molecule has 11 nitrogen and oxygen atoms in total. The van der Waals surface area contributed by atoms with Crippen molar-refractivity contribution in [2.75, 3.05) is 0 Å². The molecule has 0 unspecified atom stereocenters. The molecule has 5 rings (SSSR count). The molecular formula is C30H15F10N3O8. The monoisotopic (exact) mass is 735 g/mol. The lowest BCUT2D eigenvalue weighted by molar-refractivity contribution is -0.384. The van der Waals surface area contributed by atoms with Gasteiger partial charge in [0.2, 0.25) is 0 Å². The molecule has 1 N–H and O–H groups in total. The Morgan fingerprint density at radius 1 is 0.667 bits per heavy atom. The molecule has 21 heteroatoms. The first-order valence-electron chi connectivity index (χ1n) is 13.4. The molecule has 0 aliphatic carbocycles. The molecule has 0 saturated heterocycles. The molecule has 268 valence electrons. The number of hydrogen-bond donors (Lipinski definition) is 1. The summed E-state index contributed by atoms with van der Waals surface area (Å²) in [4.78, 5) is 40.0. The van der Waals surface area contributed by atoms with Crippen molar-refractivity contribution >= 4 is 39.4 Å². The highest BCUT2D eigenvalue weighted by atomic mass is 19.4. The third kappa shape index (κ3) is 9.05. The number of fused-ring (bicyclic) bond motifs is 2. The van der Waals surface area contributed by atoms with E-state index < -0.39 is 76.4 Å². The third-order valence-electron chi connectivity index (χ3n) is 6.36. The zero-order valence-electron chi connectivity index (χ0n) is 24.5. The number of benzene rings is 3. The van der Waals surface area contributed by atoms with Crippen LogP contribution in [-0.4, -0.2) is 45.2 Å². The molecule has 2 aromatic heterocycles. The predicted molar refractivity (Wildman–Crippen MR) is 152 cm³/mol. The molecule has 0 bridgehead atoms. The molecule has 0 spiro atoms. The van der Waals surface area contributed by atoms with Crippen LogP contribution in [0.1, 0.15) is 32.1 Å². The van der Waals surface area contributed by atoms with E-state index in [1.165, 1.54) is 0 Å². The number of nitrogens with zero attached hydrogens (tertiary/aromatic N) is 3. The second-order valence-corrected chi connectivity index (χ2v) is 9.61. The minimum absolute atomic E-state index is 0.0773. The van der Waals surface area contributed by atoms with E-state index in [4.69, 9.17) is 9.84 Å². The molecule has 0 aliphatic rings. The van der Waals surface area contributed by atoms with Gasteiger partial charge in [-0.15, -0.1) is 0 Å². The van der Waals surface area contributed by atoms with Crippen LogP contribution in [0.15, 0.2) is 72.8 Å². The normalized spacial score (nSPS) is 11.7. The first kappa shape index (κ1) is 37.5. The first-order chi connectivity index (χ1) is 23.8. The standard InChI is InChI=1S/C18H9F5N2O5.C12H6F5NO3/c19-17(20)30-13-7-5-12(11-6-8-14(18(21,22)23)24-15(11)13)16(26)29-10-3-1-9(2-4-10)25(27)28;13-11(14)21-7-3-1-6(10(19)20)5-2-4-8(12(15,16)17)18-9(5)7/h1-8,17H;1-4,11H,(H,19,20). The van der Waals surface area contributed by atoms with Gasteiger partial charge >= 0.3 is 37.5 Å². The topological polar surface area (TPSA) is 151 Å². The number of alkyl halides is 10. The summed E-state index contributed by atoms with van der Waals surface area (Å²) in [5.74, 6) is -3.83. The van der Waals surface area contributed by atoms with E-state index in [1.807, 2.05) is 0 Å². The largest absolute Gasteiger partial charge is 0.478 e. The number of ether oxygens (including phenoxy) is 3. The van der Waals surface area contributed by atoms with Crippen LogP contribution in [0.2, 0.25) is 0 Å². The predicted octanol–water partition coefficient (Wildman–Crippen LogP) is 8.54. The summed E-state index contributed by atoms with van der Waals surface area (Å²) in [6.45, 7) is -6.61. The molecule has 5 aromatic rings. The number of esters is 1. The number of aromatic nitrogens is 2. The van der Waals surface area contributed by atoms with Gasteiger partial charge in [0.25, 0.3) is 5.69 Å². The van der Waals surface area contributed by atoms with Crippen LogP contribution in [0.25, 0.3) is 21.8 Å². The Labute approximate surface area is 275 Å². The zero-order chi connectivity index (χ0) is 37.8. The summed E-state index contributed by atoms with van der Waals surface area (Å²) < 4.78 is 140. The van der Waals surface area contributed by atoms with Gasteiger partial charge in [0.1, 0.15) is 28.2 Å². The van der Waals surface area contributed by atoms with E-state index in [0.29, 0.717) is 12.1 Å². The van der Waals surface area contributed by atoms with Crippen molar-refractivity contribution in [2.24, 2.45) is 0 Å². The maximum absolute atomic E-state index is 13.0. The van der Waals surface area contributed by atoms with Gasteiger partial charge in [-0.05, 0) is 60.7 Å². The smallest absolute Gasteiger partial charge is 0.433 e. The summed E-state index contributed by atoms with van der Waals surface area (Å²) in [5, 5.41) is 19.2. The van der Waals surface area contributed by atoms with Crippen LogP contribution in [0, 0.1) is 10.1 Å². The van der Waals surface area contributed by atoms with E-state index >= 15 is 0 Å². The second-order valence-electron chi connectivity index (χ2n) is 9.61. The van der Waals surface area contributed by atoms with Gasteiger partial charge in [0.05, 0.1) is 16.1 Å². The highest BCUT2D eigenvalue weighted by molar-refractivity contribution is 6.06. The van der Waals surface area contributed by atoms with E-state index in [-0.39, 0.29) is 33.3 Å². The lowest BCUT2D eigenvalue weighted by Gasteiger charge is -2.13. The molecule has 3 aromatic carbocycles. The molecule has 51 heavy (non-hydrogen) atoms. The fourth-order valence-corrected chi connectivity index (χ4v) is 4.24. The van der Waals surface area contributed by atoms with Crippen molar-refractivity contribution in [3.05, 3.63) is 105 Å². The quantitative estimate of drug-likeness (QED) is 0.0540. The molecule has 0 fully saturated rings. The third-order valence-corrected chi connectivity index (χ3v) is 6.36. The van der Waals surface area contributed by atoms with Gasteiger partial charge in [-0.25, -0.2) is 19.6 Å². The van der Waals surface area contributed by atoms with Crippen LogP contribution in [0.3, 0.4) is 0 Å². The van der Waals surface area contributed by atoms with E-state index in [1.54, 1.807) is 0 Å². The van der Waals surface area contributed by atoms with Crippen LogP contribution in [-0.2, 0) is 12.4 Å². The Bertz CT molecular complexity index is 2110. The van der Waals surface area contributed by atoms with Crippen LogP contribution >= 0.6 is 0 Å². The number of aromatic carboxylic acids is 1. The SMILES string of the molecule is O=C(O)c1ccc(OC(F)F)c2nc(C(F)(F)F)ccc12.O=C(Oc1ccc([N+](=O)[O-])cc1)c1ccc(OC(F)F)c2nc(C(F)(F)F)ccc12. The van der Waals surface area contributed by atoms with Gasteiger partial charge in [0.15, 0.2) is 11.5 Å². The fourth-order valence-electron chi connectivity index (χ4n) is 4.24. The number of carbonyl (C=O) groups is 2. The average Bonchev–Trinajstić information content (AvgIpc) is 3.03. The number of halogens is 10. The summed E-state index contributed by atoms with van der Waals surface area (Å²) in [7, 11) is 0. The number of nitro benzene ring substituents is 1. The van der Waals surface area contributed by atoms with Gasteiger partial charge < -0.3 is 19.3 Å². The highest BCUT2D eigenvalue weighted by Crippen LogP contribution is 2.35. The van der Waals surface area contributed by atoms with Gasteiger partial charge in [-0.1, -0.05) is 0 Å². The van der Waals surface area contributed by atoms with Gasteiger partial charge in [-0.2, -0.15) is 43.9 Å². The lowest BCUT2D eigenvalue weighted by atomic mass is 10.1. The second kappa shape index (κ2) is 14.7. The Balaban J connectivity index is 0.000000244. The lowest BCUT2D eigenvalue weighted by Crippen LogP contribution is -2.12.